The van der Waals surface area contributed by atoms with Gasteiger partial charge in [0.1, 0.15) is 0 Å². The van der Waals surface area contributed by atoms with E-state index in [0.29, 0.717) is 0 Å². The van der Waals surface area contributed by atoms with Crippen molar-refractivity contribution in [1.29, 1.82) is 0 Å². The zero-order valence-electron chi connectivity index (χ0n) is 4.40. The number of alkyl halides is 3. The van der Waals surface area contributed by atoms with Crippen molar-refractivity contribution < 1.29 is 17.8 Å². The number of hydrogen-bond acceptors (Lipinski definition) is 3. The van der Waals surface area contributed by atoms with Gasteiger partial charge < -0.3 is 0 Å². The van der Waals surface area contributed by atoms with Crippen LogP contribution in [0.1, 0.15) is 5.69 Å². The van der Waals surface area contributed by atoms with Gasteiger partial charge in [0.15, 0.2) is 0 Å². The van der Waals surface area contributed by atoms with Crippen molar-refractivity contribution in [3.63, 3.8) is 0 Å². The molecule has 1 aromatic rings. The molecule has 0 saturated heterocycles. The minimum Gasteiger partial charge on any atom is -0.267 e. The summed E-state index contributed by atoms with van der Waals surface area (Å²) < 4.78 is 38.3. The highest BCUT2D eigenvalue weighted by atomic mass is 19.4. The number of rotatable bonds is 0. The Morgan fingerprint density at radius 3 is 2.30 bits per heavy atom. The van der Waals surface area contributed by atoms with Gasteiger partial charge >= 0.3 is 11.7 Å². The summed E-state index contributed by atoms with van der Waals surface area (Å²) in [5.74, 6) is 0. The Balaban J connectivity index is 3.18. The Morgan fingerprint density at radius 1 is 1.50 bits per heavy atom. The van der Waals surface area contributed by atoms with Crippen LogP contribution < -0.4 is 5.56 Å². The van der Waals surface area contributed by atoms with Crippen LogP contribution in [0.3, 0.4) is 0 Å². The lowest BCUT2D eigenvalue weighted by Crippen LogP contribution is -2.17. The molecular weight excluding hydrogens is 153 g/mol. The monoisotopic (exact) mass is 154 g/mol. The third-order valence-electron chi connectivity index (χ3n) is 0.759. The molecule has 0 amide bonds. The van der Waals surface area contributed by atoms with Crippen LogP contribution in [0.2, 0.25) is 0 Å². The highest BCUT2D eigenvalue weighted by molar-refractivity contribution is 4.95. The van der Waals surface area contributed by atoms with E-state index in [1.54, 1.807) is 0 Å². The van der Waals surface area contributed by atoms with Crippen LogP contribution in [0.15, 0.2) is 9.42 Å². The maximum absolute atomic E-state index is 11.5. The summed E-state index contributed by atoms with van der Waals surface area (Å²) in [7, 11) is 0. The zero-order chi connectivity index (χ0) is 7.78. The molecule has 0 bridgehead atoms. The number of nitrogens with one attached hydrogen (secondary N) is 1. The molecule has 1 aromatic heterocycles. The molecule has 10 heavy (non-hydrogen) atoms. The maximum Gasteiger partial charge on any atom is 0.442 e. The van der Waals surface area contributed by atoms with Crippen LogP contribution in [-0.2, 0) is 6.18 Å². The van der Waals surface area contributed by atoms with Crippen LogP contribution in [0, 0.1) is 0 Å². The lowest BCUT2D eigenvalue weighted by molar-refractivity contribution is -0.143. The minimum absolute atomic E-state index is 1.37. The van der Waals surface area contributed by atoms with Crippen molar-refractivity contribution >= 4 is 0 Å². The zero-order valence-corrected chi connectivity index (χ0v) is 4.40. The van der Waals surface area contributed by atoms with Gasteiger partial charge in [-0.2, -0.15) is 18.3 Å². The summed E-state index contributed by atoms with van der Waals surface area (Å²) in [4.78, 5) is 10.1. The second kappa shape index (κ2) is 1.86. The number of aromatic nitrogens is 2. The van der Waals surface area contributed by atoms with E-state index < -0.39 is 17.4 Å². The molecule has 7 heteroatoms. The van der Waals surface area contributed by atoms with E-state index >= 15 is 0 Å². The first-order chi connectivity index (χ1) is 4.52. The van der Waals surface area contributed by atoms with Crippen molar-refractivity contribution in [2.75, 3.05) is 0 Å². The molecule has 0 saturated carbocycles. The number of halogens is 3. The van der Waals surface area contributed by atoms with Crippen LogP contribution >= 0.6 is 0 Å². The van der Waals surface area contributed by atoms with E-state index in [1.165, 1.54) is 5.16 Å². The van der Waals surface area contributed by atoms with Crippen molar-refractivity contribution in [2.24, 2.45) is 0 Å². The molecule has 0 aromatic carbocycles. The minimum atomic E-state index is -4.74. The van der Waals surface area contributed by atoms with Gasteiger partial charge in [-0.1, -0.05) is 0 Å². The van der Waals surface area contributed by atoms with Crippen LogP contribution in [0.5, 0.6) is 0 Å². The highest BCUT2D eigenvalue weighted by Crippen LogP contribution is 2.23. The lowest BCUT2D eigenvalue weighted by Gasteiger charge is -1.95. The molecule has 0 fully saturated rings. The summed E-state index contributed by atoms with van der Waals surface area (Å²) in [5, 5.41) is 3.83. The molecule has 56 valence electrons. The molecular formula is C3HF3N2O2. The van der Waals surface area contributed by atoms with E-state index in [-0.39, 0.29) is 0 Å². The Bertz CT molecular complexity index is 272. The Morgan fingerprint density at radius 2 is 2.10 bits per heavy atom. The lowest BCUT2D eigenvalue weighted by atomic mass is 10.5. The molecule has 1 rings (SSSR count). The Labute approximate surface area is 51.6 Å². The summed E-state index contributed by atoms with van der Waals surface area (Å²) in [5.41, 5.74) is -2.93. The van der Waals surface area contributed by atoms with Crippen molar-refractivity contribution in [1.82, 2.24) is 10.3 Å². The van der Waals surface area contributed by atoms with Crippen molar-refractivity contribution in [3.05, 3.63) is 16.0 Å². The largest absolute Gasteiger partial charge is 0.442 e. The maximum atomic E-state index is 11.5. The third-order valence-corrected chi connectivity index (χ3v) is 0.759. The second-order valence-corrected chi connectivity index (χ2v) is 1.46. The van der Waals surface area contributed by atoms with Gasteiger partial charge in [-0.25, -0.2) is 0 Å². The van der Waals surface area contributed by atoms with Gasteiger partial charge in [0, 0.05) is 0 Å². The average Bonchev–Trinajstić information content (AvgIpc) is 2.11. The van der Waals surface area contributed by atoms with Crippen molar-refractivity contribution in [3.8, 4) is 0 Å². The van der Waals surface area contributed by atoms with E-state index in [0.717, 1.165) is 0 Å². The fourth-order valence-electron chi connectivity index (χ4n) is 0.380. The fraction of sp³-hybridized carbons (Fsp3) is 0.333. The summed E-state index contributed by atoms with van der Waals surface area (Å²) >= 11 is 0. The normalized spacial score (nSPS) is 11.9. The molecule has 0 spiro atoms. The molecule has 0 atom stereocenters. The van der Waals surface area contributed by atoms with E-state index in [2.05, 4.69) is 9.79 Å². The quantitative estimate of drug-likeness (QED) is 0.587. The van der Waals surface area contributed by atoms with Gasteiger partial charge in [0.25, 0.3) is 5.69 Å². The van der Waals surface area contributed by atoms with Crippen LogP contribution in [-0.4, -0.2) is 10.3 Å². The van der Waals surface area contributed by atoms with Gasteiger partial charge in [-0.05, 0) is 5.16 Å². The first kappa shape index (κ1) is 6.84. The second-order valence-electron chi connectivity index (χ2n) is 1.46. The standard InChI is InChI=1S/C3HF3N2O2/c4-3(5,6)1-2(9)8-10-7-1/h(H,8,9). The van der Waals surface area contributed by atoms with Gasteiger partial charge in [0.2, 0.25) is 0 Å². The number of aromatic amines is 1. The third kappa shape index (κ3) is 1.02. The van der Waals surface area contributed by atoms with E-state index in [9.17, 15) is 18.0 Å². The van der Waals surface area contributed by atoms with Crippen LogP contribution in [0.25, 0.3) is 0 Å². The molecule has 0 aliphatic carbocycles. The van der Waals surface area contributed by atoms with Crippen LogP contribution in [0.4, 0.5) is 13.2 Å². The van der Waals surface area contributed by atoms with Gasteiger partial charge in [-0.15, -0.1) is 0 Å². The smallest absolute Gasteiger partial charge is 0.267 e. The number of H-pyrrole nitrogens is 1. The summed E-state index contributed by atoms with van der Waals surface area (Å²) in [6.45, 7) is 0. The Hall–Kier alpha value is -1.27. The molecule has 0 unspecified atom stereocenters. The topological polar surface area (TPSA) is 58.9 Å². The molecule has 4 nitrogen and oxygen atoms in total. The number of nitrogens with zero attached hydrogens (tertiary/aromatic N) is 1. The first-order valence-electron chi connectivity index (χ1n) is 2.13. The first-order valence-corrected chi connectivity index (χ1v) is 2.13. The SMILES string of the molecule is O=c1[nH]onc1C(F)(F)F. The average molecular weight is 154 g/mol. The van der Waals surface area contributed by atoms with Gasteiger partial charge in [0.05, 0.1) is 0 Å². The molecule has 0 radical (unpaired) electrons. The Kier molecular flexibility index (Phi) is 1.27. The van der Waals surface area contributed by atoms with Gasteiger partial charge in [-0.3, -0.25) is 9.42 Å². The summed E-state index contributed by atoms with van der Waals surface area (Å²) in [6, 6.07) is 0. The number of hydrogen-bond donors (Lipinski definition) is 1. The molecule has 0 aliphatic rings. The van der Waals surface area contributed by atoms with E-state index in [1.807, 2.05) is 0 Å². The van der Waals surface area contributed by atoms with E-state index in [4.69, 9.17) is 0 Å². The molecule has 1 N–H and O–H groups in total. The van der Waals surface area contributed by atoms with Crippen molar-refractivity contribution in [2.45, 2.75) is 6.18 Å². The predicted molar refractivity (Wildman–Crippen MR) is 22.1 cm³/mol. The molecule has 0 aliphatic heterocycles. The summed E-state index contributed by atoms with van der Waals surface area (Å²) in [6.07, 6.45) is -4.74. The predicted octanol–water partition coefficient (Wildman–Crippen LogP) is 0.382. The molecule has 1 heterocycles. The fourth-order valence-corrected chi connectivity index (χ4v) is 0.380. The highest BCUT2D eigenvalue weighted by Gasteiger charge is 2.37.